The van der Waals surface area contributed by atoms with E-state index in [-0.39, 0.29) is 5.97 Å². The van der Waals surface area contributed by atoms with Crippen molar-refractivity contribution in [3.63, 3.8) is 0 Å². The molecule has 0 atom stereocenters. The molecular weight excluding hydrogens is 399 g/mol. The maximum Gasteiger partial charge on any atom is 0.339 e. The summed E-state index contributed by atoms with van der Waals surface area (Å²) in [5.74, 6) is 0.369. The minimum atomic E-state index is -0.387. The monoisotopic (exact) mass is 418 g/mol. The minimum Gasteiger partial charge on any atom is -0.497 e. The summed E-state index contributed by atoms with van der Waals surface area (Å²) in [6, 6.07) is 12.9. The molecule has 1 heterocycles. The second kappa shape index (κ2) is 9.04. The summed E-state index contributed by atoms with van der Waals surface area (Å²) in [4.78, 5) is 12.3. The van der Waals surface area contributed by atoms with E-state index in [0.29, 0.717) is 28.8 Å². The molecule has 5 nitrogen and oxygen atoms in total. The van der Waals surface area contributed by atoms with Crippen molar-refractivity contribution in [2.24, 2.45) is 0 Å². The summed E-state index contributed by atoms with van der Waals surface area (Å²) >= 11 is 12.3. The molecule has 0 saturated heterocycles. The Hall–Kier alpha value is -2.63. The van der Waals surface area contributed by atoms with Crippen LogP contribution in [0.5, 0.6) is 5.75 Å². The average molecular weight is 419 g/mol. The smallest absolute Gasteiger partial charge is 0.339 e. The number of nitrogens with one attached hydrogen (secondary N) is 1. The highest BCUT2D eigenvalue weighted by molar-refractivity contribution is 6.35. The van der Waals surface area contributed by atoms with Crippen LogP contribution in [-0.4, -0.2) is 24.7 Å². The van der Waals surface area contributed by atoms with Crippen LogP contribution in [0, 0.1) is 0 Å². The van der Waals surface area contributed by atoms with Crippen LogP contribution in [0.1, 0.15) is 18.1 Å². The van der Waals surface area contributed by atoms with Crippen molar-refractivity contribution in [2.75, 3.05) is 13.7 Å². The number of hydrogen-bond acceptors (Lipinski definition) is 5. The molecule has 7 heteroatoms. The SMILES string of the molecule is CCOC(=O)C1=CN(Cc2ccc(Cl)cc2Cl)NC(c2ccc(OC)cc2)=C1. The molecule has 3 rings (SSSR count). The van der Waals surface area contributed by atoms with E-state index in [1.54, 1.807) is 43.5 Å². The first kappa shape index (κ1) is 20.1. The van der Waals surface area contributed by atoms with Crippen LogP contribution in [0.25, 0.3) is 5.70 Å². The van der Waals surface area contributed by atoms with Crippen molar-refractivity contribution in [2.45, 2.75) is 13.5 Å². The van der Waals surface area contributed by atoms with Crippen LogP contribution in [0.2, 0.25) is 10.0 Å². The third-order valence-electron chi connectivity index (χ3n) is 4.13. The van der Waals surface area contributed by atoms with Crippen molar-refractivity contribution in [1.82, 2.24) is 10.4 Å². The van der Waals surface area contributed by atoms with Gasteiger partial charge in [0.25, 0.3) is 0 Å². The lowest BCUT2D eigenvalue weighted by atomic mass is 10.1. The predicted octanol–water partition coefficient (Wildman–Crippen LogP) is 4.81. The van der Waals surface area contributed by atoms with Gasteiger partial charge in [-0.05, 0) is 60.5 Å². The van der Waals surface area contributed by atoms with Crippen molar-refractivity contribution >= 4 is 34.9 Å². The molecule has 0 amide bonds. The second-order valence-electron chi connectivity index (χ2n) is 6.07. The van der Waals surface area contributed by atoms with Gasteiger partial charge in [-0.2, -0.15) is 0 Å². The molecule has 1 aliphatic heterocycles. The fraction of sp³-hybridized carbons (Fsp3) is 0.190. The van der Waals surface area contributed by atoms with Crippen LogP contribution in [0.3, 0.4) is 0 Å². The molecule has 0 aliphatic carbocycles. The first-order chi connectivity index (χ1) is 13.5. The Bertz CT molecular complexity index is 924. The maximum atomic E-state index is 12.3. The van der Waals surface area contributed by atoms with Gasteiger partial charge in [0, 0.05) is 16.2 Å². The van der Waals surface area contributed by atoms with Gasteiger partial charge in [-0.3, -0.25) is 10.4 Å². The number of nitrogens with zero attached hydrogens (tertiary/aromatic N) is 1. The Morgan fingerprint density at radius 1 is 1.14 bits per heavy atom. The largest absolute Gasteiger partial charge is 0.497 e. The number of rotatable bonds is 6. The molecule has 2 aromatic rings. The average Bonchev–Trinajstić information content (AvgIpc) is 2.70. The van der Waals surface area contributed by atoms with E-state index in [9.17, 15) is 4.79 Å². The van der Waals surface area contributed by atoms with Gasteiger partial charge in [0.05, 0.1) is 31.5 Å². The van der Waals surface area contributed by atoms with E-state index in [2.05, 4.69) is 5.43 Å². The number of benzene rings is 2. The van der Waals surface area contributed by atoms with Crippen molar-refractivity contribution < 1.29 is 14.3 Å². The van der Waals surface area contributed by atoms with E-state index in [4.69, 9.17) is 32.7 Å². The van der Waals surface area contributed by atoms with E-state index in [1.807, 2.05) is 30.3 Å². The molecule has 1 aliphatic rings. The van der Waals surface area contributed by atoms with Crippen molar-refractivity contribution in [3.05, 3.63) is 81.5 Å². The number of halogens is 2. The lowest BCUT2D eigenvalue weighted by Gasteiger charge is -2.29. The molecule has 0 fully saturated rings. The molecule has 0 unspecified atom stereocenters. The predicted molar refractivity (Wildman–Crippen MR) is 111 cm³/mol. The highest BCUT2D eigenvalue weighted by Gasteiger charge is 2.19. The standard InChI is InChI=1S/C21H20Cl2N2O3/c1-3-28-21(26)16-10-20(14-5-8-18(27-2)9-6-14)24-25(13-16)12-15-4-7-17(22)11-19(15)23/h4-11,13,24H,3,12H2,1-2H3. The summed E-state index contributed by atoms with van der Waals surface area (Å²) in [7, 11) is 1.62. The highest BCUT2D eigenvalue weighted by Crippen LogP contribution is 2.26. The van der Waals surface area contributed by atoms with Crippen LogP contribution < -0.4 is 10.2 Å². The summed E-state index contributed by atoms with van der Waals surface area (Å²) in [6.07, 6.45) is 3.47. The number of carbonyl (C=O) groups is 1. The highest BCUT2D eigenvalue weighted by atomic mass is 35.5. The van der Waals surface area contributed by atoms with E-state index < -0.39 is 0 Å². The molecule has 0 radical (unpaired) electrons. The number of methoxy groups -OCH3 is 1. The van der Waals surface area contributed by atoms with Gasteiger partial charge in [0.1, 0.15) is 5.75 Å². The first-order valence-corrected chi connectivity index (χ1v) is 9.48. The Balaban J connectivity index is 1.90. The van der Waals surface area contributed by atoms with Gasteiger partial charge in [-0.15, -0.1) is 0 Å². The Morgan fingerprint density at radius 3 is 2.54 bits per heavy atom. The molecule has 0 spiro atoms. The van der Waals surface area contributed by atoms with Crippen LogP contribution in [0.4, 0.5) is 0 Å². The van der Waals surface area contributed by atoms with Gasteiger partial charge in [-0.25, -0.2) is 4.79 Å². The lowest BCUT2D eigenvalue weighted by Crippen LogP contribution is -2.35. The van der Waals surface area contributed by atoms with Gasteiger partial charge >= 0.3 is 5.97 Å². The Labute approximate surface area is 174 Å². The fourth-order valence-corrected chi connectivity index (χ4v) is 3.21. The topological polar surface area (TPSA) is 50.8 Å². The van der Waals surface area contributed by atoms with E-state index >= 15 is 0 Å². The molecule has 0 saturated carbocycles. The summed E-state index contributed by atoms with van der Waals surface area (Å²) < 4.78 is 10.4. The molecule has 1 N–H and O–H groups in total. The number of carbonyl (C=O) groups excluding carboxylic acids is 1. The van der Waals surface area contributed by atoms with Crippen LogP contribution >= 0.6 is 23.2 Å². The lowest BCUT2D eigenvalue weighted by molar-refractivity contribution is -0.138. The molecular formula is C21H20Cl2N2O3. The number of esters is 1. The van der Waals surface area contributed by atoms with Gasteiger partial charge in [-0.1, -0.05) is 29.3 Å². The van der Waals surface area contributed by atoms with Gasteiger partial charge in [0.15, 0.2) is 0 Å². The maximum absolute atomic E-state index is 12.3. The third kappa shape index (κ3) is 4.80. The summed E-state index contributed by atoms with van der Waals surface area (Å²) in [6.45, 7) is 2.52. The third-order valence-corrected chi connectivity index (χ3v) is 4.71. The normalized spacial score (nSPS) is 13.4. The number of hydrazine groups is 1. The van der Waals surface area contributed by atoms with E-state index in [0.717, 1.165) is 22.6 Å². The zero-order chi connectivity index (χ0) is 20.1. The number of ether oxygens (including phenoxy) is 2. The first-order valence-electron chi connectivity index (χ1n) is 8.72. The molecule has 0 bridgehead atoms. The summed E-state index contributed by atoms with van der Waals surface area (Å²) in [5.41, 5.74) is 6.28. The fourth-order valence-electron chi connectivity index (χ4n) is 2.74. The zero-order valence-electron chi connectivity index (χ0n) is 15.5. The minimum absolute atomic E-state index is 0.304. The van der Waals surface area contributed by atoms with Gasteiger partial charge in [0.2, 0.25) is 0 Å². The van der Waals surface area contributed by atoms with Crippen LogP contribution in [-0.2, 0) is 16.1 Å². The van der Waals surface area contributed by atoms with E-state index in [1.165, 1.54) is 0 Å². The summed E-state index contributed by atoms with van der Waals surface area (Å²) in [5, 5.41) is 2.92. The van der Waals surface area contributed by atoms with Crippen molar-refractivity contribution in [1.29, 1.82) is 0 Å². The van der Waals surface area contributed by atoms with Crippen molar-refractivity contribution in [3.8, 4) is 5.75 Å². The molecule has 2 aromatic carbocycles. The molecule has 28 heavy (non-hydrogen) atoms. The van der Waals surface area contributed by atoms with Gasteiger partial charge < -0.3 is 9.47 Å². The number of hydrogen-bond donors (Lipinski definition) is 1. The Kier molecular flexibility index (Phi) is 6.49. The van der Waals surface area contributed by atoms with Crippen LogP contribution in [0.15, 0.2) is 60.3 Å². The second-order valence-corrected chi connectivity index (χ2v) is 6.91. The quantitative estimate of drug-likeness (QED) is 0.681. The zero-order valence-corrected chi connectivity index (χ0v) is 17.1. The molecule has 0 aromatic heterocycles. The molecule has 146 valence electrons. The Morgan fingerprint density at radius 2 is 1.89 bits per heavy atom.